The summed E-state index contributed by atoms with van der Waals surface area (Å²) in [6.45, 7) is 13.4. The van der Waals surface area contributed by atoms with Crippen molar-refractivity contribution >= 4 is 26.9 Å². The number of sulfonamides is 1. The van der Waals surface area contributed by atoms with E-state index in [1.807, 2.05) is 23.6 Å². The number of aryl methyl sites for hydroxylation is 3. The lowest BCUT2D eigenvalue weighted by molar-refractivity contribution is -0.134. The lowest BCUT2D eigenvalue weighted by atomic mass is 10.1. The summed E-state index contributed by atoms with van der Waals surface area (Å²) in [4.78, 5) is 19.7. The number of hydrogen-bond donors (Lipinski definition) is 1. The number of unbranched alkanes of at least 4 members (excludes halogenated alkanes) is 1. The van der Waals surface area contributed by atoms with Gasteiger partial charge in [0.15, 0.2) is 0 Å². The Labute approximate surface area is 266 Å². The maximum Gasteiger partial charge on any atom is 0.241 e. The van der Waals surface area contributed by atoms with Gasteiger partial charge < -0.3 is 9.32 Å². The van der Waals surface area contributed by atoms with E-state index < -0.39 is 16.1 Å². The number of benzene rings is 1. The number of fused-ring (bicyclic) bond motifs is 1. The average molecular weight is 641 g/mol. The quantitative estimate of drug-likeness (QED) is 0.169. The van der Waals surface area contributed by atoms with Crippen molar-refractivity contribution in [3.8, 4) is 0 Å². The van der Waals surface area contributed by atoms with Crippen LogP contribution >= 0.6 is 0 Å². The number of hydrogen-bond acceptors (Lipinski definition) is 8. The predicted octanol–water partition coefficient (Wildman–Crippen LogP) is 4.26. The van der Waals surface area contributed by atoms with E-state index in [0.29, 0.717) is 50.0 Å². The van der Waals surface area contributed by atoms with Crippen LogP contribution in [-0.2, 0) is 42.0 Å². The summed E-state index contributed by atoms with van der Waals surface area (Å²) < 4.78 is 37.3. The van der Waals surface area contributed by atoms with Crippen LogP contribution < -0.4 is 4.72 Å². The van der Waals surface area contributed by atoms with Crippen molar-refractivity contribution in [1.29, 1.82) is 0 Å². The fraction of sp³-hybridized carbons (Fsp3) is 0.562. The van der Waals surface area contributed by atoms with Gasteiger partial charge in [-0.15, -0.1) is 0 Å². The molecular formula is C32H48N8O4S. The Morgan fingerprint density at radius 1 is 0.978 bits per heavy atom. The van der Waals surface area contributed by atoms with Crippen LogP contribution in [0.2, 0.25) is 0 Å². The molecule has 1 aromatic carbocycles. The Balaban J connectivity index is 1.49. The molecule has 4 aromatic rings. The Morgan fingerprint density at radius 3 is 2.31 bits per heavy atom. The first-order valence-electron chi connectivity index (χ1n) is 15.7. The summed E-state index contributed by atoms with van der Waals surface area (Å²) in [5.41, 5.74) is 3.51. The molecule has 0 aliphatic rings. The van der Waals surface area contributed by atoms with E-state index >= 15 is 0 Å². The van der Waals surface area contributed by atoms with Crippen molar-refractivity contribution in [2.45, 2.75) is 77.9 Å². The number of carbonyl (C=O) groups is 1. The van der Waals surface area contributed by atoms with Crippen LogP contribution in [0.5, 0.6) is 0 Å². The SMILES string of the molecule is Cc1cc(CN(CCCC[C@H](NS(=O)(=O)c2ccc3occc3c2)C(=O)N(CC(C)C)CC(C)C)Cc2cnn(C)n2)nn1C. The second kappa shape index (κ2) is 15.2. The molecule has 0 saturated heterocycles. The first-order valence-corrected chi connectivity index (χ1v) is 17.1. The summed E-state index contributed by atoms with van der Waals surface area (Å²) in [7, 11) is -0.252. The predicted molar refractivity (Wildman–Crippen MR) is 173 cm³/mol. The van der Waals surface area contributed by atoms with Gasteiger partial charge in [-0.1, -0.05) is 34.1 Å². The molecule has 0 aliphatic carbocycles. The number of rotatable bonds is 17. The average Bonchev–Trinajstić information content (AvgIpc) is 3.68. The smallest absolute Gasteiger partial charge is 0.241 e. The Morgan fingerprint density at radius 2 is 1.69 bits per heavy atom. The zero-order chi connectivity index (χ0) is 32.7. The third-order valence-electron chi connectivity index (χ3n) is 7.61. The zero-order valence-corrected chi connectivity index (χ0v) is 28.4. The third-order valence-corrected chi connectivity index (χ3v) is 9.08. The number of nitrogens with one attached hydrogen (secondary N) is 1. The van der Waals surface area contributed by atoms with Crippen molar-refractivity contribution in [3.63, 3.8) is 0 Å². The maximum absolute atomic E-state index is 14.0. The number of furan rings is 1. The van der Waals surface area contributed by atoms with Gasteiger partial charge in [-0.25, -0.2) is 8.42 Å². The lowest BCUT2D eigenvalue weighted by Crippen LogP contribution is -2.50. The minimum atomic E-state index is -3.98. The highest BCUT2D eigenvalue weighted by Crippen LogP contribution is 2.21. The standard InChI is InChI=1S/C32H48N8O4S/c1-23(2)19-40(20-24(3)4)32(41)30(36-45(42,43)29-11-12-31-26(17-29)13-15-44-31)10-8-9-14-39(22-28-18-33-38(7)35-28)21-27-16-25(5)37(6)34-27/h11-13,15-18,23-24,30,36H,8-10,14,19-22H2,1-7H3/t30-/m0/s1. The van der Waals surface area contributed by atoms with Gasteiger partial charge in [-0.05, 0) is 68.5 Å². The molecule has 0 aliphatic heterocycles. The molecule has 3 aromatic heterocycles. The van der Waals surface area contributed by atoms with E-state index in [1.54, 1.807) is 36.2 Å². The van der Waals surface area contributed by atoms with Crippen LogP contribution in [0.3, 0.4) is 0 Å². The van der Waals surface area contributed by atoms with Crippen LogP contribution in [0.4, 0.5) is 0 Å². The van der Waals surface area contributed by atoms with Crippen molar-refractivity contribution in [3.05, 3.63) is 59.9 Å². The summed E-state index contributed by atoms with van der Waals surface area (Å²) in [5.74, 6) is 0.308. The molecule has 1 N–H and O–H groups in total. The minimum Gasteiger partial charge on any atom is -0.464 e. The van der Waals surface area contributed by atoms with Crippen LogP contribution in [-0.4, -0.2) is 74.6 Å². The van der Waals surface area contributed by atoms with Gasteiger partial charge >= 0.3 is 0 Å². The molecule has 0 unspecified atom stereocenters. The maximum atomic E-state index is 14.0. The highest BCUT2D eigenvalue weighted by atomic mass is 32.2. The molecule has 0 spiro atoms. The largest absolute Gasteiger partial charge is 0.464 e. The number of carbonyl (C=O) groups excluding carboxylic acids is 1. The Kier molecular flexibility index (Phi) is 11.6. The van der Waals surface area contributed by atoms with E-state index in [9.17, 15) is 13.2 Å². The molecule has 13 heteroatoms. The third kappa shape index (κ3) is 9.72. The summed E-state index contributed by atoms with van der Waals surface area (Å²) in [5, 5.41) is 14.0. The van der Waals surface area contributed by atoms with Crippen molar-refractivity contribution < 1.29 is 17.6 Å². The zero-order valence-electron chi connectivity index (χ0n) is 27.6. The molecule has 1 atom stereocenters. The van der Waals surface area contributed by atoms with Gasteiger partial charge in [0.2, 0.25) is 15.9 Å². The fourth-order valence-corrected chi connectivity index (χ4v) is 6.74. The molecule has 0 fully saturated rings. The van der Waals surface area contributed by atoms with Crippen LogP contribution in [0.25, 0.3) is 11.0 Å². The fourth-order valence-electron chi connectivity index (χ4n) is 5.48. The van der Waals surface area contributed by atoms with E-state index in [0.717, 1.165) is 30.0 Å². The number of nitrogens with zero attached hydrogens (tertiary/aromatic N) is 7. The monoisotopic (exact) mass is 640 g/mol. The molecule has 0 radical (unpaired) electrons. The van der Waals surface area contributed by atoms with Crippen LogP contribution in [0.15, 0.2) is 52.1 Å². The second-order valence-corrected chi connectivity index (χ2v) is 14.5. The lowest BCUT2D eigenvalue weighted by Gasteiger charge is -2.30. The number of aromatic nitrogens is 5. The highest BCUT2D eigenvalue weighted by Gasteiger charge is 2.30. The Bertz CT molecular complexity index is 1630. The molecule has 3 heterocycles. The summed E-state index contributed by atoms with van der Waals surface area (Å²) in [6.07, 6.45) is 5.07. The molecule has 4 rings (SSSR count). The van der Waals surface area contributed by atoms with Crippen molar-refractivity contribution in [2.75, 3.05) is 19.6 Å². The van der Waals surface area contributed by atoms with Gasteiger partial charge in [-0.2, -0.15) is 24.8 Å². The first kappa shape index (κ1) is 34.3. The molecule has 0 saturated carbocycles. The van der Waals surface area contributed by atoms with E-state index in [-0.39, 0.29) is 22.6 Å². The van der Waals surface area contributed by atoms with E-state index in [2.05, 4.69) is 58.7 Å². The molecule has 246 valence electrons. The van der Waals surface area contributed by atoms with Gasteiger partial charge in [0.1, 0.15) is 11.6 Å². The highest BCUT2D eigenvalue weighted by molar-refractivity contribution is 7.89. The minimum absolute atomic E-state index is 0.106. The molecule has 1 amide bonds. The molecule has 0 bridgehead atoms. The van der Waals surface area contributed by atoms with Crippen LogP contribution in [0, 0.1) is 18.8 Å². The van der Waals surface area contributed by atoms with E-state index in [4.69, 9.17) is 4.42 Å². The summed E-state index contributed by atoms with van der Waals surface area (Å²) in [6, 6.07) is 7.64. The van der Waals surface area contributed by atoms with Crippen molar-refractivity contribution in [2.24, 2.45) is 25.9 Å². The Hall–Kier alpha value is -3.55. The topological polar surface area (TPSA) is 131 Å². The number of amides is 1. The van der Waals surface area contributed by atoms with E-state index in [1.165, 1.54) is 12.3 Å². The van der Waals surface area contributed by atoms with Crippen molar-refractivity contribution in [1.82, 2.24) is 39.3 Å². The molecule has 45 heavy (non-hydrogen) atoms. The second-order valence-electron chi connectivity index (χ2n) is 12.8. The van der Waals surface area contributed by atoms with Crippen LogP contribution in [0.1, 0.15) is 64.0 Å². The first-order chi connectivity index (χ1) is 21.3. The summed E-state index contributed by atoms with van der Waals surface area (Å²) >= 11 is 0. The van der Waals surface area contributed by atoms with Gasteiger partial charge in [-0.3, -0.25) is 14.4 Å². The van der Waals surface area contributed by atoms with Gasteiger partial charge in [0, 0.05) is 51.4 Å². The van der Waals surface area contributed by atoms with Gasteiger partial charge in [0.25, 0.3) is 0 Å². The normalized spacial score (nSPS) is 13.0. The molecule has 12 nitrogen and oxygen atoms in total. The molecular weight excluding hydrogens is 592 g/mol. The van der Waals surface area contributed by atoms with Gasteiger partial charge in [0.05, 0.1) is 28.7 Å².